The van der Waals surface area contributed by atoms with E-state index >= 15 is 0 Å². The van der Waals surface area contributed by atoms with E-state index in [4.69, 9.17) is 15.9 Å². The molecule has 0 heterocycles. The van der Waals surface area contributed by atoms with E-state index in [1.165, 1.54) is 6.26 Å². The molecule has 0 aliphatic carbocycles. The predicted octanol–water partition coefficient (Wildman–Crippen LogP) is 1.38. The molecule has 1 aromatic carbocycles. The third-order valence-corrected chi connectivity index (χ3v) is 4.44. The molecule has 2 N–H and O–H groups in total. The van der Waals surface area contributed by atoms with Gasteiger partial charge >= 0.3 is 0 Å². The van der Waals surface area contributed by atoms with Gasteiger partial charge in [-0.1, -0.05) is 12.0 Å². The highest BCUT2D eigenvalue weighted by molar-refractivity contribution is 7.97. The van der Waals surface area contributed by atoms with Crippen LogP contribution in [0.4, 0.5) is 0 Å². The molecule has 1 amide bonds. The second kappa shape index (κ2) is 8.97. The lowest BCUT2D eigenvalue weighted by Crippen LogP contribution is -2.56. The average Bonchev–Trinajstić information content (AvgIpc) is 2.51. The lowest BCUT2D eigenvalue weighted by Gasteiger charge is -2.28. The zero-order chi connectivity index (χ0) is 20.0. The fourth-order valence-corrected chi connectivity index (χ4v) is 3.64. The van der Waals surface area contributed by atoms with Crippen LogP contribution in [-0.2, 0) is 20.9 Å². The third kappa shape index (κ3) is 6.98. The molecule has 144 valence electrons. The Morgan fingerprint density at radius 1 is 1.42 bits per heavy atom. The van der Waals surface area contributed by atoms with E-state index in [1.807, 2.05) is 19.1 Å². The molecule has 0 aliphatic heterocycles. The number of carbonyl (C=O) groups is 1. The van der Waals surface area contributed by atoms with Crippen LogP contribution < -0.4 is 19.5 Å². The summed E-state index contributed by atoms with van der Waals surface area (Å²) in [5.74, 6) is 6.85. The Labute approximate surface area is 156 Å². The summed E-state index contributed by atoms with van der Waals surface area (Å²) in [6.07, 6.45) is 7.26. The van der Waals surface area contributed by atoms with Crippen molar-refractivity contribution in [1.29, 1.82) is 0 Å². The first-order valence-corrected chi connectivity index (χ1v) is 10.3. The number of hydrogen-bond acceptors (Lipinski definition) is 4. The van der Waals surface area contributed by atoms with Crippen molar-refractivity contribution in [2.75, 3.05) is 20.0 Å². The Balaban J connectivity index is 2.77. The zero-order valence-electron chi connectivity index (χ0n) is 16.0. The molecule has 0 fully saturated rings. The van der Waals surface area contributed by atoms with Gasteiger partial charge in [-0.2, -0.15) is 0 Å². The highest BCUT2D eigenvalue weighted by atomic mass is 32.2. The second-order valence-corrected chi connectivity index (χ2v) is 9.00. The lowest BCUT2D eigenvalue weighted by molar-refractivity contribution is -0.126. The Morgan fingerprint density at radius 3 is 2.62 bits per heavy atom. The minimum absolute atomic E-state index is 0.136. The number of rotatable bonds is 9. The van der Waals surface area contributed by atoms with Crippen molar-refractivity contribution in [3.8, 4) is 23.8 Å². The number of ether oxygens (including phenoxy) is 2. The van der Waals surface area contributed by atoms with Crippen molar-refractivity contribution in [2.24, 2.45) is 0 Å². The molecule has 1 rings (SSSR count). The molecule has 0 saturated heterocycles. The van der Waals surface area contributed by atoms with Gasteiger partial charge in [-0.3, -0.25) is 9.00 Å². The van der Waals surface area contributed by atoms with Crippen molar-refractivity contribution in [2.45, 2.75) is 38.8 Å². The summed E-state index contributed by atoms with van der Waals surface area (Å²) in [4.78, 5) is 12.4. The molecule has 2 unspecified atom stereocenters. The minimum atomic E-state index is -2.50. The maximum atomic E-state index is 12.4. The number of benzene rings is 1. The van der Waals surface area contributed by atoms with Gasteiger partial charge in [-0.05, 0) is 50.8 Å². The summed E-state index contributed by atoms with van der Waals surface area (Å²) >= 11 is 0. The molecule has 2 atom stereocenters. The number of methoxy groups -OCH3 is 1. The smallest absolute Gasteiger partial charge is 0.240 e. The molecule has 0 aromatic heterocycles. The van der Waals surface area contributed by atoms with Crippen LogP contribution >= 0.6 is 0 Å². The van der Waals surface area contributed by atoms with E-state index in [2.05, 4.69) is 21.8 Å². The first-order valence-electron chi connectivity index (χ1n) is 8.14. The quantitative estimate of drug-likeness (QED) is 0.501. The van der Waals surface area contributed by atoms with E-state index in [-0.39, 0.29) is 18.6 Å². The second-order valence-electron chi connectivity index (χ2n) is 6.79. The first kappa shape index (κ1) is 21.9. The maximum Gasteiger partial charge on any atom is 0.240 e. The van der Waals surface area contributed by atoms with Crippen LogP contribution in [0.1, 0.15) is 26.3 Å². The standard InChI is InChI=1S/C19H28N2O4S/c1-8-11-25-16-10-9-15(13-17(16)24-5)12-14(2)20-18(22)19(3,4)21-26(6,7)23/h1,9-10,13-14H,6,11-12H2,2-5,7H3,(H,20,22)(H,21,23). The van der Waals surface area contributed by atoms with Crippen molar-refractivity contribution in [3.63, 3.8) is 0 Å². The van der Waals surface area contributed by atoms with Crippen LogP contribution in [0.2, 0.25) is 0 Å². The van der Waals surface area contributed by atoms with Crippen molar-refractivity contribution < 1.29 is 18.5 Å². The molecule has 1 aromatic rings. The van der Waals surface area contributed by atoms with Gasteiger partial charge in [-0.25, -0.2) is 4.72 Å². The van der Waals surface area contributed by atoms with Gasteiger partial charge in [0.1, 0.15) is 12.1 Å². The number of nitrogens with one attached hydrogen (secondary N) is 2. The molecule has 26 heavy (non-hydrogen) atoms. The molecular formula is C19H28N2O4S. The van der Waals surface area contributed by atoms with Gasteiger partial charge in [0.2, 0.25) is 5.91 Å². The Kier molecular flexibility index (Phi) is 7.54. The van der Waals surface area contributed by atoms with Gasteiger partial charge in [0.25, 0.3) is 0 Å². The summed E-state index contributed by atoms with van der Waals surface area (Å²) in [5.41, 5.74) is -0.0168. The molecular weight excluding hydrogens is 352 g/mol. The fourth-order valence-electron chi connectivity index (χ4n) is 2.47. The van der Waals surface area contributed by atoms with Gasteiger partial charge < -0.3 is 14.8 Å². The lowest BCUT2D eigenvalue weighted by atomic mass is 10.0. The fraction of sp³-hybridized carbons (Fsp3) is 0.474. The number of carbonyl (C=O) groups excluding carboxylic acids is 1. The summed E-state index contributed by atoms with van der Waals surface area (Å²) in [5, 5.41) is 2.92. The molecule has 0 spiro atoms. The minimum Gasteiger partial charge on any atom is -0.493 e. The van der Waals surface area contributed by atoms with Crippen LogP contribution in [0.3, 0.4) is 0 Å². The Hall–Kier alpha value is -2.17. The van der Waals surface area contributed by atoms with Crippen LogP contribution in [0.25, 0.3) is 0 Å². The van der Waals surface area contributed by atoms with E-state index in [0.29, 0.717) is 17.9 Å². The Bertz CT molecular complexity index is 779. The maximum absolute atomic E-state index is 12.4. The topological polar surface area (TPSA) is 76.7 Å². The summed E-state index contributed by atoms with van der Waals surface area (Å²) in [6.45, 7) is 5.40. The number of hydrogen-bond donors (Lipinski definition) is 2. The van der Waals surface area contributed by atoms with Crippen molar-refractivity contribution in [1.82, 2.24) is 10.0 Å². The zero-order valence-corrected chi connectivity index (χ0v) is 16.9. The average molecular weight is 381 g/mol. The van der Waals surface area contributed by atoms with Crippen LogP contribution in [0, 0.1) is 12.3 Å². The van der Waals surface area contributed by atoms with E-state index in [9.17, 15) is 9.00 Å². The van der Waals surface area contributed by atoms with Gasteiger partial charge in [-0.15, -0.1) is 6.42 Å². The largest absolute Gasteiger partial charge is 0.493 e. The van der Waals surface area contributed by atoms with Crippen LogP contribution in [0.15, 0.2) is 18.2 Å². The monoisotopic (exact) mass is 380 g/mol. The van der Waals surface area contributed by atoms with Crippen molar-refractivity contribution in [3.05, 3.63) is 23.8 Å². The molecule has 0 saturated carbocycles. The van der Waals surface area contributed by atoms with E-state index in [1.54, 1.807) is 27.0 Å². The van der Waals surface area contributed by atoms with E-state index in [0.717, 1.165) is 5.56 Å². The molecule has 7 heteroatoms. The summed E-state index contributed by atoms with van der Waals surface area (Å²) < 4.78 is 25.3. The molecule has 0 bridgehead atoms. The summed E-state index contributed by atoms with van der Waals surface area (Å²) in [7, 11) is -0.940. The van der Waals surface area contributed by atoms with Crippen molar-refractivity contribution >= 4 is 21.5 Å². The third-order valence-electron chi connectivity index (χ3n) is 3.50. The predicted molar refractivity (Wildman–Crippen MR) is 107 cm³/mol. The molecule has 6 nitrogen and oxygen atoms in total. The number of amides is 1. The molecule has 0 radical (unpaired) electrons. The Morgan fingerprint density at radius 2 is 2.08 bits per heavy atom. The molecule has 0 aliphatic rings. The van der Waals surface area contributed by atoms with Crippen LogP contribution in [-0.4, -0.2) is 47.5 Å². The van der Waals surface area contributed by atoms with Gasteiger partial charge in [0.05, 0.1) is 7.11 Å². The number of terminal acetylenes is 1. The normalized spacial score (nSPS) is 14.6. The van der Waals surface area contributed by atoms with Crippen LogP contribution in [0.5, 0.6) is 11.5 Å². The highest BCUT2D eigenvalue weighted by Crippen LogP contribution is 2.28. The van der Waals surface area contributed by atoms with Gasteiger partial charge in [0.15, 0.2) is 11.5 Å². The van der Waals surface area contributed by atoms with Gasteiger partial charge in [0, 0.05) is 22.0 Å². The first-order chi connectivity index (χ1) is 12.0. The SMILES string of the molecule is C#CCOc1ccc(CC(C)NC(=O)C(C)(C)NS(=C)(C)=O)cc1OC. The highest BCUT2D eigenvalue weighted by Gasteiger charge is 2.29. The van der Waals surface area contributed by atoms with E-state index < -0.39 is 15.2 Å². The summed E-state index contributed by atoms with van der Waals surface area (Å²) in [6, 6.07) is 5.41.